The molecule has 8 nitrogen and oxygen atoms in total. The molecule has 9 heteroatoms. The average molecular weight is 316 g/mol. The van der Waals surface area contributed by atoms with Crippen LogP contribution in [0.5, 0.6) is 0 Å². The van der Waals surface area contributed by atoms with E-state index in [1.807, 2.05) is 6.92 Å². The molecule has 0 atom stereocenters. The zero-order valence-electron chi connectivity index (χ0n) is 12.1. The van der Waals surface area contributed by atoms with Crippen LogP contribution in [0, 0.1) is 10.1 Å². The van der Waals surface area contributed by atoms with Gasteiger partial charge in [-0.2, -0.15) is 0 Å². The third-order valence-electron chi connectivity index (χ3n) is 2.77. The Morgan fingerprint density at radius 3 is 2.52 bits per heavy atom. The van der Waals surface area contributed by atoms with Gasteiger partial charge in [0.05, 0.1) is 10.7 Å². The molecule has 0 radical (unpaired) electrons. The van der Waals surface area contributed by atoms with Crippen LogP contribution in [0.1, 0.15) is 20.3 Å². The molecule has 0 amide bonds. The van der Waals surface area contributed by atoms with Gasteiger partial charge in [-0.1, -0.05) is 13.8 Å². The molecular weight excluding hydrogens is 296 g/mol. The Labute approximate surface area is 124 Å². The second kappa shape index (κ2) is 7.77. The molecule has 0 fully saturated rings. The van der Waals surface area contributed by atoms with Crippen molar-refractivity contribution in [1.29, 1.82) is 0 Å². The number of nitrogens with zero attached hydrogens (tertiary/aromatic N) is 2. The molecule has 1 aromatic rings. The lowest BCUT2D eigenvalue weighted by molar-refractivity contribution is -0.384. The van der Waals surface area contributed by atoms with Crippen LogP contribution < -0.4 is 10.6 Å². The standard InChI is InChI=1S/C12H20N4O4S/c1-3-7-13-11-6-5-10(16(17)18)12(15-11)14-8-9-21(19,20)4-2/h5-6H,3-4,7-9H2,1-2H3,(H2,13,14,15). The van der Waals surface area contributed by atoms with Gasteiger partial charge in [0.1, 0.15) is 5.82 Å². The summed E-state index contributed by atoms with van der Waals surface area (Å²) in [5.74, 6) is 0.549. The van der Waals surface area contributed by atoms with Crippen molar-refractivity contribution < 1.29 is 13.3 Å². The molecule has 0 spiro atoms. The van der Waals surface area contributed by atoms with Crippen LogP contribution in [0.2, 0.25) is 0 Å². The molecule has 0 aliphatic heterocycles. The average Bonchev–Trinajstić information content (AvgIpc) is 2.44. The first-order valence-electron chi connectivity index (χ1n) is 6.73. The van der Waals surface area contributed by atoms with Crippen LogP contribution in [0.15, 0.2) is 12.1 Å². The molecule has 1 rings (SSSR count). The number of nitrogens with one attached hydrogen (secondary N) is 2. The number of aromatic nitrogens is 1. The van der Waals surface area contributed by atoms with Crippen molar-refractivity contribution in [2.24, 2.45) is 0 Å². The summed E-state index contributed by atoms with van der Waals surface area (Å²) in [6, 6.07) is 2.88. The molecule has 0 unspecified atom stereocenters. The number of hydrogen-bond donors (Lipinski definition) is 2. The highest BCUT2D eigenvalue weighted by Gasteiger charge is 2.16. The first-order valence-corrected chi connectivity index (χ1v) is 8.55. The van der Waals surface area contributed by atoms with E-state index in [2.05, 4.69) is 15.6 Å². The van der Waals surface area contributed by atoms with E-state index in [4.69, 9.17) is 0 Å². The predicted octanol–water partition coefficient (Wildman–Crippen LogP) is 1.66. The summed E-state index contributed by atoms with van der Waals surface area (Å²) >= 11 is 0. The minimum absolute atomic E-state index is 0.0439. The third-order valence-corrected chi connectivity index (χ3v) is 4.48. The molecule has 0 saturated carbocycles. The molecule has 0 aliphatic carbocycles. The second-order valence-electron chi connectivity index (χ2n) is 4.41. The summed E-state index contributed by atoms with van der Waals surface area (Å²) in [6.45, 7) is 4.34. The maximum absolute atomic E-state index is 11.4. The number of rotatable bonds is 9. The summed E-state index contributed by atoms with van der Waals surface area (Å²) in [4.78, 5) is 14.5. The summed E-state index contributed by atoms with van der Waals surface area (Å²) < 4.78 is 22.8. The molecule has 0 bridgehead atoms. The number of hydrogen-bond acceptors (Lipinski definition) is 7. The first kappa shape index (κ1) is 17.2. The van der Waals surface area contributed by atoms with E-state index in [-0.39, 0.29) is 29.6 Å². The zero-order chi connectivity index (χ0) is 15.9. The predicted molar refractivity (Wildman–Crippen MR) is 82.5 cm³/mol. The molecule has 0 aromatic carbocycles. The lowest BCUT2D eigenvalue weighted by Crippen LogP contribution is -2.18. The molecule has 21 heavy (non-hydrogen) atoms. The van der Waals surface area contributed by atoms with Gasteiger partial charge in [0, 0.05) is 24.9 Å². The fourth-order valence-electron chi connectivity index (χ4n) is 1.55. The summed E-state index contributed by atoms with van der Waals surface area (Å²) in [5.41, 5.74) is -0.175. The van der Waals surface area contributed by atoms with E-state index in [1.165, 1.54) is 12.1 Å². The van der Waals surface area contributed by atoms with Gasteiger partial charge in [-0.15, -0.1) is 0 Å². The molecule has 118 valence electrons. The van der Waals surface area contributed by atoms with E-state index in [0.717, 1.165) is 6.42 Å². The van der Waals surface area contributed by atoms with Crippen LogP contribution in [-0.4, -0.2) is 42.9 Å². The van der Waals surface area contributed by atoms with Gasteiger partial charge >= 0.3 is 5.69 Å². The number of anilines is 2. The molecule has 0 aliphatic rings. The van der Waals surface area contributed by atoms with Gasteiger partial charge in [-0.25, -0.2) is 13.4 Å². The van der Waals surface area contributed by atoms with Crippen molar-refractivity contribution in [3.63, 3.8) is 0 Å². The number of nitro groups is 1. The highest BCUT2D eigenvalue weighted by molar-refractivity contribution is 7.91. The SMILES string of the molecule is CCCNc1ccc([N+](=O)[O-])c(NCCS(=O)(=O)CC)n1. The fourth-order valence-corrected chi connectivity index (χ4v) is 2.25. The van der Waals surface area contributed by atoms with Gasteiger partial charge in [-0.05, 0) is 12.5 Å². The summed E-state index contributed by atoms with van der Waals surface area (Å²) in [6.07, 6.45) is 0.899. The van der Waals surface area contributed by atoms with Crippen molar-refractivity contribution >= 4 is 27.2 Å². The smallest absolute Gasteiger partial charge is 0.311 e. The van der Waals surface area contributed by atoms with Crippen LogP contribution in [0.25, 0.3) is 0 Å². The van der Waals surface area contributed by atoms with Gasteiger partial charge in [-0.3, -0.25) is 10.1 Å². The maximum atomic E-state index is 11.4. The number of pyridine rings is 1. The Morgan fingerprint density at radius 2 is 1.95 bits per heavy atom. The Morgan fingerprint density at radius 1 is 1.24 bits per heavy atom. The van der Waals surface area contributed by atoms with Gasteiger partial charge in [0.25, 0.3) is 0 Å². The Hall–Kier alpha value is -1.90. The molecular formula is C12H20N4O4S. The van der Waals surface area contributed by atoms with Crippen molar-refractivity contribution in [3.8, 4) is 0 Å². The van der Waals surface area contributed by atoms with Crippen LogP contribution in [-0.2, 0) is 9.84 Å². The van der Waals surface area contributed by atoms with Crippen LogP contribution in [0.3, 0.4) is 0 Å². The van der Waals surface area contributed by atoms with Crippen molar-refractivity contribution in [3.05, 3.63) is 22.2 Å². The highest BCUT2D eigenvalue weighted by Crippen LogP contribution is 2.23. The fraction of sp³-hybridized carbons (Fsp3) is 0.583. The first-order chi connectivity index (χ1) is 9.89. The zero-order valence-corrected chi connectivity index (χ0v) is 12.9. The van der Waals surface area contributed by atoms with Crippen LogP contribution in [0.4, 0.5) is 17.3 Å². The van der Waals surface area contributed by atoms with Gasteiger partial charge in [0.2, 0.25) is 5.82 Å². The largest absolute Gasteiger partial charge is 0.370 e. The van der Waals surface area contributed by atoms with E-state index in [1.54, 1.807) is 6.92 Å². The second-order valence-corrected chi connectivity index (χ2v) is 6.88. The molecule has 1 heterocycles. The van der Waals surface area contributed by atoms with Gasteiger partial charge in [0.15, 0.2) is 9.84 Å². The van der Waals surface area contributed by atoms with Crippen molar-refractivity contribution in [2.75, 3.05) is 35.2 Å². The summed E-state index contributed by atoms with van der Waals surface area (Å²) in [7, 11) is -3.12. The minimum Gasteiger partial charge on any atom is -0.370 e. The molecule has 1 aromatic heterocycles. The Balaban J connectivity index is 2.83. The Bertz CT molecular complexity index is 589. The van der Waals surface area contributed by atoms with Crippen molar-refractivity contribution in [2.45, 2.75) is 20.3 Å². The maximum Gasteiger partial charge on any atom is 0.311 e. The van der Waals surface area contributed by atoms with Crippen molar-refractivity contribution in [1.82, 2.24) is 4.98 Å². The third kappa shape index (κ3) is 5.54. The van der Waals surface area contributed by atoms with Crippen LogP contribution >= 0.6 is 0 Å². The van der Waals surface area contributed by atoms with E-state index in [0.29, 0.717) is 12.4 Å². The topological polar surface area (TPSA) is 114 Å². The summed E-state index contributed by atoms with van der Waals surface area (Å²) in [5, 5.41) is 16.7. The monoisotopic (exact) mass is 316 g/mol. The quantitative estimate of drug-likeness (QED) is 0.526. The highest BCUT2D eigenvalue weighted by atomic mass is 32.2. The molecule has 0 saturated heterocycles. The van der Waals surface area contributed by atoms with E-state index < -0.39 is 14.8 Å². The normalized spacial score (nSPS) is 11.1. The van der Waals surface area contributed by atoms with E-state index >= 15 is 0 Å². The lowest BCUT2D eigenvalue weighted by Gasteiger charge is -2.09. The minimum atomic E-state index is -3.12. The molecule has 2 N–H and O–H groups in total. The lowest BCUT2D eigenvalue weighted by atomic mass is 10.3. The Kier molecular flexibility index (Phi) is 6.35. The van der Waals surface area contributed by atoms with Gasteiger partial charge < -0.3 is 10.6 Å². The number of sulfone groups is 1. The van der Waals surface area contributed by atoms with E-state index in [9.17, 15) is 18.5 Å².